The minimum atomic E-state index is -3.07. The zero-order valence-electron chi connectivity index (χ0n) is 17.4. The van der Waals surface area contributed by atoms with Crippen LogP contribution in [-0.2, 0) is 4.74 Å². The third-order valence-corrected chi connectivity index (χ3v) is 6.47. The molecule has 1 saturated carbocycles. The lowest BCUT2D eigenvalue weighted by atomic mass is 9.70. The van der Waals surface area contributed by atoms with Gasteiger partial charge in [0.2, 0.25) is 5.82 Å². The number of rotatable bonds is 7. The number of ether oxygens (including phenoxy) is 2. The van der Waals surface area contributed by atoms with Gasteiger partial charge in [0.1, 0.15) is 0 Å². The fraction of sp³-hybridized carbons (Fsp3) is 0.739. The zero-order valence-corrected chi connectivity index (χ0v) is 17.4. The molecule has 0 aromatic heterocycles. The smallest absolute Gasteiger partial charge is 0.255 e. The van der Waals surface area contributed by atoms with Gasteiger partial charge in [0.15, 0.2) is 11.6 Å². The van der Waals surface area contributed by atoms with E-state index in [1.54, 1.807) is 0 Å². The van der Waals surface area contributed by atoms with Gasteiger partial charge >= 0.3 is 0 Å². The van der Waals surface area contributed by atoms with Crippen molar-refractivity contribution in [1.82, 2.24) is 0 Å². The van der Waals surface area contributed by atoms with E-state index >= 15 is 8.78 Å². The lowest BCUT2D eigenvalue weighted by Gasteiger charge is -2.41. The molecule has 1 aromatic rings. The van der Waals surface area contributed by atoms with E-state index in [0.29, 0.717) is 19.4 Å². The van der Waals surface area contributed by atoms with Crippen molar-refractivity contribution in [3.63, 3.8) is 0 Å². The Morgan fingerprint density at radius 1 is 1.00 bits per heavy atom. The molecule has 2 fully saturated rings. The van der Waals surface area contributed by atoms with E-state index in [4.69, 9.17) is 9.47 Å². The summed E-state index contributed by atoms with van der Waals surface area (Å²) in [5, 5.41) is 0. The second kappa shape index (κ2) is 9.67. The molecule has 164 valence electrons. The average molecular weight is 416 g/mol. The number of hydrogen-bond donors (Lipinski definition) is 0. The maximum absolute atomic E-state index is 15.0. The molecule has 0 amide bonds. The molecule has 1 heterocycles. The first-order chi connectivity index (χ1) is 13.9. The van der Waals surface area contributed by atoms with E-state index in [-0.39, 0.29) is 48.7 Å². The number of benzene rings is 1. The molecule has 4 unspecified atom stereocenters. The van der Waals surface area contributed by atoms with Crippen molar-refractivity contribution in [1.29, 1.82) is 0 Å². The highest BCUT2D eigenvalue weighted by molar-refractivity contribution is 5.34. The quantitative estimate of drug-likeness (QED) is 0.452. The van der Waals surface area contributed by atoms with Crippen molar-refractivity contribution in [2.45, 2.75) is 83.2 Å². The topological polar surface area (TPSA) is 18.5 Å². The summed E-state index contributed by atoms with van der Waals surface area (Å²) in [6.07, 6.45) is 5.24. The van der Waals surface area contributed by atoms with Crippen LogP contribution in [0.15, 0.2) is 12.1 Å². The van der Waals surface area contributed by atoms with E-state index in [2.05, 4.69) is 6.92 Å². The van der Waals surface area contributed by atoms with E-state index in [1.807, 2.05) is 6.92 Å². The average Bonchev–Trinajstić information content (AvgIpc) is 2.70. The normalized spacial score (nSPS) is 29.6. The predicted octanol–water partition coefficient (Wildman–Crippen LogP) is 6.87. The Morgan fingerprint density at radius 2 is 1.76 bits per heavy atom. The molecule has 0 bridgehead atoms. The summed E-state index contributed by atoms with van der Waals surface area (Å²) < 4.78 is 69.9. The van der Waals surface area contributed by atoms with Crippen LogP contribution >= 0.6 is 0 Å². The number of alkyl halides is 2. The first-order valence-corrected chi connectivity index (χ1v) is 11.0. The van der Waals surface area contributed by atoms with Gasteiger partial charge in [0.05, 0.1) is 25.2 Å². The minimum Gasteiger partial charge on any atom is -0.490 e. The highest BCUT2D eigenvalue weighted by Gasteiger charge is 2.49. The van der Waals surface area contributed by atoms with E-state index in [0.717, 1.165) is 25.7 Å². The van der Waals surface area contributed by atoms with Crippen LogP contribution in [0.1, 0.15) is 76.7 Å². The molecule has 3 rings (SSSR count). The van der Waals surface area contributed by atoms with Crippen molar-refractivity contribution >= 4 is 0 Å². The summed E-state index contributed by atoms with van der Waals surface area (Å²) in [5.74, 6) is -6.97. The Bertz CT molecular complexity index is 671. The second-order valence-corrected chi connectivity index (χ2v) is 8.57. The molecule has 2 nitrogen and oxygen atoms in total. The fourth-order valence-electron chi connectivity index (χ4n) is 4.86. The van der Waals surface area contributed by atoms with Crippen LogP contribution in [0.25, 0.3) is 0 Å². The third-order valence-electron chi connectivity index (χ3n) is 6.47. The van der Waals surface area contributed by atoms with Gasteiger partial charge in [-0.1, -0.05) is 26.3 Å². The van der Waals surface area contributed by atoms with E-state index in [1.165, 1.54) is 12.1 Å². The van der Waals surface area contributed by atoms with Crippen molar-refractivity contribution in [2.75, 3.05) is 13.2 Å². The molecule has 1 aliphatic carbocycles. The monoisotopic (exact) mass is 416 g/mol. The Labute approximate surface area is 171 Å². The van der Waals surface area contributed by atoms with Crippen molar-refractivity contribution in [3.05, 3.63) is 29.3 Å². The lowest BCUT2D eigenvalue weighted by Crippen LogP contribution is -2.40. The molecule has 1 aliphatic heterocycles. The van der Waals surface area contributed by atoms with Crippen LogP contribution in [-0.4, -0.2) is 25.2 Å². The van der Waals surface area contributed by atoms with Crippen molar-refractivity contribution < 1.29 is 27.0 Å². The molecule has 2 aliphatic rings. The van der Waals surface area contributed by atoms with Gasteiger partial charge < -0.3 is 9.47 Å². The second-order valence-electron chi connectivity index (χ2n) is 8.57. The molecule has 0 N–H and O–H groups in total. The zero-order chi connectivity index (χ0) is 21.0. The highest BCUT2D eigenvalue weighted by Crippen LogP contribution is 2.51. The number of halogens is 4. The highest BCUT2D eigenvalue weighted by atomic mass is 19.3. The maximum Gasteiger partial charge on any atom is 0.255 e. The standard InChI is InChI=1S/C23H32F4O2/c1-3-5-17-8-6-16(14-29-17)15-7-10-19(23(26,27)13-15)18-9-11-20(28-12-4-2)22(25)21(18)24/h9,11,15-17,19H,3-8,10,12-14H2,1-2H3. The summed E-state index contributed by atoms with van der Waals surface area (Å²) in [6, 6.07) is 2.54. The molecule has 1 saturated heterocycles. The van der Waals surface area contributed by atoms with Gasteiger partial charge in [-0.3, -0.25) is 0 Å². The van der Waals surface area contributed by atoms with Gasteiger partial charge in [-0.05, 0) is 56.4 Å². The van der Waals surface area contributed by atoms with E-state index < -0.39 is 23.5 Å². The summed E-state index contributed by atoms with van der Waals surface area (Å²) in [6.45, 7) is 4.74. The van der Waals surface area contributed by atoms with Crippen molar-refractivity contribution in [2.24, 2.45) is 11.8 Å². The fourth-order valence-corrected chi connectivity index (χ4v) is 4.86. The summed E-state index contributed by atoms with van der Waals surface area (Å²) in [4.78, 5) is 0. The predicted molar refractivity (Wildman–Crippen MR) is 105 cm³/mol. The Hall–Kier alpha value is -1.30. The Morgan fingerprint density at radius 3 is 2.38 bits per heavy atom. The first kappa shape index (κ1) is 22.4. The molecule has 6 heteroatoms. The minimum absolute atomic E-state index is 0.126. The van der Waals surface area contributed by atoms with Gasteiger partial charge in [0, 0.05) is 12.0 Å². The van der Waals surface area contributed by atoms with Crippen LogP contribution < -0.4 is 4.74 Å². The Balaban J connectivity index is 1.67. The number of hydrogen-bond acceptors (Lipinski definition) is 2. The summed E-state index contributed by atoms with van der Waals surface area (Å²) >= 11 is 0. The molecule has 1 aromatic carbocycles. The van der Waals surface area contributed by atoms with Crippen LogP contribution in [0.5, 0.6) is 5.75 Å². The molecular formula is C23H32F4O2. The molecule has 0 radical (unpaired) electrons. The summed E-state index contributed by atoms with van der Waals surface area (Å²) in [7, 11) is 0. The van der Waals surface area contributed by atoms with E-state index in [9.17, 15) is 8.78 Å². The summed E-state index contributed by atoms with van der Waals surface area (Å²) in [5.41, 5.74) is -0.238. The third kappa shape index (κ3) is 5.07. The van der Waals surface area contributed by atoms with Crippen LogP contribution in [0.2, 0.25) is 0 Å². The largest absolute Gasteiger partial charge is 0.490 e. The van der Waals surface area contributed by atoms with Gasteiger partial charge in [-0.2, -0.15) is 4.39 Å². The van der Waals surface area contributed by atoms with Crippen LogP contribution in [0.3, 0.4) is 0 Å². The van der Waals surface area contributed by atoms with Crippen molar-refractivity contribution in [3.8, 4) is 5.75 Å². The molecular weight excluding hydrogens is 384 g/mol. The first-order valence-electron chi connectivity index (χ1n) is 11.0. The van der Waals surface area contributed by atoms with Crippen LogP contribution in [0, 0.1) is 23.5 Å². The van der Waals surface area contributed by atoms with Gasteiger partial charge in [0.25, 0.3) is 5.92 Å². The Kier molecular flexibility index (Phi) is 7.47. The molecule has 0 spiro atoms. The van der Waals surface area contributed by atoms with Gasteiger partial charge in [-0.25, -0.2) is 13.2 Å². The van der Waals surface area contributed by atoms with Gasteiger partial charge in [-0.15, -0.1) is 0 Å². The van der Waals surface area contributed by atoms with Crippen LogP contribution in [0.4, 0.5) is 17.6 Å². The molecule has 4 atom stereocenters. The molecule has 29 heavy (non-hydrogen) atoms. The lowest BCUT2D eigenvalue weighted by molar-refractivity contribution is -0.103. The SMILES string of the molecule is CCCOc1ccc(C2CCC(C3CCC(CCC)OC3)CC2(F)F)c(F)c1F. The maximum atomic E-state index is 15.0.